The fourth-order valence-electron chi connectivity index (χ4n) is 1.19. The van der Waals surface area contributed by atoms with Crippen LogP contribution in [0.15, 0.2) is 12.1 Å². The van der Waals surface area contributed by atoms with Crippen molar-refractivity contribution in [3.8, 4) is 0 Å². The molecule has 14 heavy (non-hydrogen) atoms. The molecule has 1 aromatic rings. The van der Waals surface area contributed by atoms with Crippen LogP contribution in [0.25, 0.3) is 0 Å². The number of rotatable bonds is 2. The van der Waals surface area contributed by atoms with Crippen LogP contribution >= 0.6 is 11.6 Å². The minimum atomic E-state index is -1.04. The molecule has 1 aromatic carbocycles. The number of aromatic carboxylic acids is 1. The van der Waals surface area contributed by atoms with Crippen LogP contribution in [0.3, 0.4) is 0 Å². The maximum Gasteiger partial charge on any atom is 0.336 e. The molecule has 0 spiro atoms. The minimum Gasteiger partial charge on any atom is -0.478 e. The summed E-state index contributed by atoms with van der Waals surface area (Å²) < 4.78 is 0. The van der Waals surface area contributed by atoms with E-state index < -0.39 is 5.97 Å². The van der Waals surface area contributed by atoms with Gasteiger partial charge in [-0.05, 0) is 31.5 Å². The quantitative estimate of drug-likeness (QED) is 0.767. The molecule has 0 radical (unpaired) electrons. The number of carboxylic acid groups (broad SMARTS) is 1. The van der Waals surface area contributed by atoms with Crippen LogP contribution in [0, 0.1) is 6.92 Å². The van der Waals surface area contributed by atoms with E-state index in [4.69, 9.17) is 16.7 Å². The van der Waals surface area contributed by atoms with Gasteiger partial charge in [0, 0.05) is 5.56 Å². The van der Waals surface area contributed by atoms with E-state index in [9.17, 15) is 9.59 Å². The summed E-state index contributed by atoms with van der Waals surface area (Å²) in [6.45, 7) is 2.97. The van der Waals surface area contributed by atoms with Crippen molar-refractivity contribution in [2.24, 2.45) is 0 Å². The van der Waals surface area contributed by atoms with Gasteiger partial charge in [-0.1, -0.05) is 11.6 Å². The lowest BCUT2D eigenvalue weighted by Gasteiger charge is -2.06. The van der Waals surface area contributed by atoms with Gasteiger partial charge in [-0.2, -0.15) is 0 Å². The highest BCUT2D eigenvalue weighted by atomic mass is 35.5. The second-order valence-corrected chi connectivity index (χ2v) is 3.34. The summed E-state index contributed by atoms with van der Waals surface area (Å²) in [5.74, 6) is -1.21. The van der Waals surface area contributed by atoms with Crippen molar-refractivity contribution < 1.29 is 14.7 Å². The topological polar surface area (TPSA) is 54.4 Å². The first-order valence-electron chi connectivity index (χ1n) is 3.98. The Balaban J connectivity index is 3.41. The Hall–Kier alpha value is -1.35. The zero-order valence-corrected chi connectivity index (χ0v) is 8.55. The van der Waals surface area contributed by atoms with Gasteiger partial charge in [0.2, 0.25) is 0 Å². The summed E-state index contributed by atoms with van der Waals surface area (Å²) in [6.07, 6.45) is 0. The van der Waals surface area contributed by atoms with E-state index in [1.807, 2.05) is 0 Å². The number of benzene rings is 1. The van der Waals surface area contributed by atoms with Crippen LogP contribution in [0.4, 0.5) is 0 Å². The molecule has 0 aliphatic carbocycles. The van der Waals surface area contributed by atoms with Gasteiger partial charge < -0.3 is 5.11 Å². The van der Waals surface area contributed by atoms with E-state index >= 15 is 0 Å². The monoisotopic (exact) mass is 212 g/mol. The molecule has 74 valence electrons. The van der Waals surface area contributed by atoms with E-state index in [0.29, 0.717) is 11.1 Å². The number of carboxylic acids is 1. The molecule has 0 saturated carbocycles. The van der Waals surface area contributed by atoms with Crippen molar-refractivity contribution in [2.45, 2.75) is 13.8 Å². The lowest BCUT2D eigenvalue weighted by atomic mass is 10.0. The molecule has 1 N–H and O–H groups in total. The van der Waals surface area contributed by atoms with Crippen molar-refractivity contribution in [1.29, 1.82) is 0 Å². The van der Waals surface area contributed by atoms with Crippen LogP contribution in [-0.2, 0) is 0 Å². The van der Waals surface area contributed by atoms with Gasteiger partial charge in [0.25, 0.3) is 0 Å². The Kier molecular flexibility index (Phi) is 2.91. The number of hydrogen-bond acceptors (Lipinski definition) is 2. The van der Waals surface area contributed by atoms with Gasteiger partial charge in [-0.3, -0.25) is 4.79 Å². The Morgan fingerprint density at radius 2 is 1.79 bits per heavy atom. The Morgan fingerprint density at radius 3 is 2.21 bits per heavy atom. The zero-order valence-electron chi connectivity index (χ0n) is 7.80. The van der Waals surface area contributed by atoms with Gasteiger partial charge in [-0.15, -0.1) is 0 Å². The van der Waals surface area contributed by atoms with Gasteiger partial charge in [0.05, 0.1) is 10.6 Å². The largest absolute Gasteiger partial charge is 0.478 e. The molecular weight excluding hydrogens is 204 g/mol. The summed E-state index contributed by atoms with van der Waals surface area (Å²) in [6, 6.07) is 2.82. The predicted octanol–water partition coefficient (Wildman–Crippen LogP) is 2.55. The fraction of sp³-hybridized carbons (Fsp3) is 0.200. The van der Waals surface area contributed by atoms with Gasteiger partial charge in [0.1, 0.15) is 0 Å². The van der Waals surface area contributed by atoms with E-state index in [0.717, 1.165) is 0 Å². The lowest BCUT2D eigenvalue weighted by molar-refractivity contribution is 0.0695. The molecule has 0 fully saturated rings. The summed E-state index contributed by atoms with van der Waals surface area (Å²) in [5, 5.41) is 9.00. The first-order chi connectivity index (χ1) is 6.45. The number of halogens is 1. The van der Waals surface area contributed by atoms with Crippen molar-refractivity contribution in [1.82, 2.24) is 0 Å². The number of hydrogen-bond donors (Lipinski definition) is 1. The van der Waals surface area contributed by atoms with Crippen molar-refractivity contribution in [2.75, 3.05) is 0 Å². The highest BCUT2D eigenvalue weighted by Crippen LogP contribution is 2.24. The lowest BCUT2D eigenvalue weighted by Crippen LogP contribution is -2.03. The molecule has 0 heterocycles. The average molecular weight is 213 g/mol. The fourth-order valence-corrected chi connectivity index (χ4v) is 1.49. The smallest absolute Gasteiger partial charge is 0.336 e. The van der Waals surface area contributed by atoms with E-state index in [2.05, 4.69) is 0 Å². The second-order valence-electron chi connectivity index (χ2n) is 2.96. The average Bonchev–Trinajstić information content (AvgIpc) is 2.08. The zero-order chi connectivity index (χ0) is 10.9. The van der Waals surface area contributed by atoms with Crippen molar-refractivity contribution in [3.63, 3.8) is 0 Å². The number of carbonyl (C=O) groups is 2. The van der Waals surface area contributed by atoms with Crippen LogP contribution in [-0.4, -0.2) is 16.9 Å². The molecule has 0 saturated heterocycles. The molecular formula is C10H9ClO3. The molecule has 0 bridgehead atoms. The van der Waals surface area contributed by atoms with Gasteiger partial charge in [-0.25, -0.2) is 4.79 Å². The van der Waals surface area contributed by atoms with Crippen LogP contribution < -0.4 is 0 Å². The molecule has 0 atom stereocenters. The molecule has 0 unspecified atom stereocenters. The standard InChI is InChI=1S/C10H9ClO3/c1-5-7(10(13)14)3-4-8(6(2)12)9(5)11/h3-4H,1-2H3,(H,13,14). The second kappa shape index (κ2) is 3.80. The molecule has 0 aromatic heterocycles. The van der Waals surface area contributed by atoms with E-state index in [1.165, 1.54) is 19.1 Å². The molecule has 4 heteroatoms. The van der Waals surface area contributed by atoms with Crippen molar-refractivity contribution >= 4 is 23.4 Å². The normalized spacial score (nSPS) is 9.93. The Morgan fingerprint density at radius 1 is 1.29 bits per heavy atom. The third-order valence-electron chi connectivity index (χ3n) is 2.00. The van der Waals surface area contributed by atoms with Crippen LogP contribution in [0.1, 0.15) is 33.2 Å². The Labute approximate surface area is 86.3 Å². The highest BCUT2D eigenvalue weighted by molar-refractivity contribution is 6.35. The third kappa shape index (κ3) is 1.77. The number of Topliss-reactive ketones (excluding diaryl/α,β-unsaturated/α-hetero) is 1. The predicted molar refractivity (Wildman–Crippen MR) is 53.2 cm³/mol. The first-order valence-corrected chi connectivity index (χ1v) is 4.36. The van der Waals surface area contributed by atoms with E-state index in [-0.39, 0.29) is 16.4 Å². The highest BCUT2D eigenvalue weighted by Gasteiger charge is 2.14. The molecule has 0 amide bonds. The SMILES string of the molecule is CC(=O)c1ccc(C(=O)O)c(C)c1Cl. The van der Waals surface area contributed by atoms with Gasteiger partial charge >= 0.3 is 5.97 Å². The summed E-state index contributed by atoms with van der Waals surface area (Å²) in [4.78, 5) is 21.8. The third-order valence-corrected chi connectivity index (χ3v) is 2.48. The molecule has 0 aliphatic rings. The summed E-state index contributed by atoms with van der Waals surface area (Å²) in [5.41, 5.74) is 0.904. The Bertz CT molecular complexity index is 371. The summed E-state index contributed by atoms with van der Waals surface area (Å²) in [7, 11) is 0. The maximum atomic E-state index is 11.1. The van der Waals surface area contributed by atoms with Crippen molar-refractivity contribution in [3.05, 3.63) is 33.8 Å². The van der Waals surface area contributed by atoms with E-state index in [1.54, 1.807) is 6.92 Å². The molecule has 3 nitrogen and oxygen atoms in total. The van der Waals surface area contributed by atoms with Crippen LogP contribution in [0.2, 0.25) is 5.02 Å². The first kappa shape index (κ1) is 10.7. The maximum absolute atomic E-state index is 11.1. The van der Waals surface area contributed by atoms with Crippen LogP contribution in [0.5, 0.6) is 0 Å². The molecule has 0 aliphatic heterocycles. The molecule has 1 rings (SSSR count). The van der Waals surface area contributed by atoms with Gasteiger partial charge in [0.15, 0.2) is 5.78 Å². The summed E-state index contributed by atoms with van der Waals surface area (Å²) >= 11 is 5.85. The minimum absolute atomic E-state index is 0.125. The number of ketones is 1. The number of carbonyl (C=O) groups excluding carboxylic acids is 1.